The van der Waals surface area contributed by atoms with Crippen molar-refractivity contribution >= 4 is 5.91 Å². The van der Waals surface area contributed by atoms with Gasteiger partial charge >= 0.3 is 0 Å². The fourth-order valence-electron chi connectivity index (χ4n) is 1.91. The van der Waals surface area contributed by atoms with Crippen LogP contribution in [0.1, 0.15) is 37.8 Å². The van der Waals surface area contributed by atoms with Crippen LogP contribution in [0.4, 0.5) is 0 Å². The van der Waals surface area contributed by atoms with E-state index in [1.807, 2.05) is 19.1 Å². The molecule has 0 saturated heterocycles. The van der Waals surface area contributed by atoms with Crippen LogP contribution in [0.15, 0.2) is 18.2 Å². The first-order valence-corrected chi connectivity index (χ1v) is 6.99. The standard InChI is InChI=1S/C16H25NO3/c1-11(2)14-7-6-12(3)15(10-14)20-13(4)16(19)17(5)8-9-18/h6-7,10-11,13,18H,8-9H2,1-5H3. The number of aryl methyl sites for hydroxylation is 1. The van der Waals surface area contributed by atoms with E-state index >= 15 is 0 Å². The number of benzene rings is 1. The number of aliphatic hydroxyl groups is 1. The molecule has 4 nitrogen and oxygen atoms in total. The molecule has 0 aliphatic rings. The van der Waals surface area contributed by atoms with Crippen molar-refractivity contribution < 1.29 is 14.6 Å². The van der Waals surface area contributed by atoms with Gasteiger partial charge < -0.3 is 14.7 Å². The summed E-state index contributed by atoms with van der Waals surface area (Å²) in [5.41, 5.74) is 2.20. The highest BCUT2D eigenvalue weighted by atomic mass is 16.5. The van der Waals surface area contributed by atoms with Gasteiger partial charge in [0.2, 0.25) is 0 Å². The summed E-state index contributed by atoms with van der Waals surface area (Å²) in [6.45, 7) is 8.22. The molecule has 1 rings (SSSR count). The van der Waals surface area contributed by atoms with Crippen LogP contribution in [-0.4, -0.2) is 42.2 Å². The Balaban J connectivity index is 2.82. The van der Waals surface area contributed by atoms with Crippen LogP contribution < -0.4 is 4.74 Å². The van der Waals surface area contributed by atoms with Gasteiger partial charge in [-0.3, -0.25) is 4.79 Å². The highest BCUT2D eigenvalue weighted by Crippen LogP contribution is 2.25. The molecule has 0 radical (unpaired) electrons. The third kappa shape index (κ3) is 4.23. The summed E-state index contributed by atoms with van der Waals surface area (Å²) >= 11 is 0. The SMILES string of the molecule is Cc1ccc(C(C)C)cc1OC(C)C(=O)N(C)CCO. The van der Waals surface area contributed by atoms with E-state index < -0.39 is 6.10 Å². The Morgan fingerprint density at radius 1 is 1.35 bits per heavy atom. The third-order valence-corrected chi connectivity index (χ3v) is 3.34. The van der Waals surface area contributed by atoms with Crippen molar-refractivity contribution in [2.45, 2.75) is 39.7 Å². The van der Waals surface area contributed by atoms with Crippen molar-refractivity contribution in [3.05, 3.63) is 29.3 Å². The molecule has 1 N–H and O–H groups in total. The highest BCUT2D eigenvalue weighted by molar-refractivity contribution is 5.80. The summed E-state index contributed by atoms with van der Waals surface area (Å²) in [5.74, 6) is 1.03. The summed E-state index contributed by atoms with van der Waals surface area (Å²) in [6, 6.07) is 6.09. The summed E-state index contributed by atoms with van der Waals surface area (Å²) in [5, 5.41) is 8.86. The second kappa shape index (κ2) is 7.29. The van der Waals surface area contributed by atoms with Crippen molar-refractivity contribution in [1.82, 2.24) is 4.90 Å². The Labute approximate surface area is 121 Å². The second-order valence-electron chi connectivity index (χ2n) is 5.42. The van der Waals surface area contributed by atoms with Gasteiger partial charge in [-0.2, -0.15) is 0 Å². The van der Waals surface area contributed by atoms with Crippen molar-refractivity contribution in [2.75, 3.05) is 20.2 Å². The topological polar surface area (TPSA) is 49.8 Å². The molecule has 1 aromatic rings. The molecular formula is C16H25NO3. The van der Waals surface area contributed by atoms with Crippen LogP contribution in [0.5, 0.6) is 5.75 Å². The van der Waals surface area contributed by atoms with E-state index in [9.17, 15) is 4.79 Å². The summed E-state index contributed by atoms with van der Waals surface area (Å²) < 4.78 is 5.79. The van der Waals surface area contributed by atoms with Crippen LogP contribution in [-0.2, 0) is 4.79 Å². The van der Waals surface area contributed by atoms with Gasteiger partial charge in [-0.15, -0.1) is 0 Å². The molecule has 1 atom stereocenters. The molecule has 0 fully saturated rings. The fourth-order valence-corrected chi connectivity index (χ4v) is 1.91. The zero-order valence-corrected chi connectivity index (χ0v) is 13.0. The van der Waals surface area contributed by atoms with E-state index in [0.717, 1.165) is 11.3 Å². The van der Waals surface area contributed by atoms with Crippen LogP contribution >= 0.6 is 0 Å². The number of ether oxygens (including phenoxy) is 1. The number of amides is 1. The Bertz CT molecular complexity index is 457. The van der Waals surface area contributed by atoms with Crippen LogP contribution in [0, 0.1) is 6.92 Å². The zero-order chi connectivity index (χ0) is 15.3. The van der Waals surface area contributed by atoms with Gasteiger partial charge in [0.05, 0.1) is 6.61 Å². The van der Waals surface area contributed by atoms with Gasteiger partial charge in [-0.1, -0.05) is 26.0 Å². The molecule has 20 heavy (non-hydrogen) atoms. The van der Waals surface area contributed by atoms with Crippen molar-refractivity contribution in [3.8, 4) is 5.75 Å². The minimum Gasteiger partial charge on any atom is -0.481 e. The number of aliphatic hydroxyl groups excluding tert-OH is 1. The minimum absolute atomic E-state index is 0.0448. The molecular weight excluding hydrogens is 254 g/mol. The molecule has 0 spiro atoms. The molecule has 0 aromatic heterocycles. The Hall–Kier alpha value is -1.55. The average Bonchev–Trinajstić information content (AvgIpc) is 2.40. The average molecular weight is 279 g/mol. The van der Waals surface area contributed by atoms with E-state index in [4.69, 9.17) is 9.84 Å². The summed E-state index contributed by atoms with van der Waals surface area (Å²) in [7, 11) is 1.66. The second-order valence-corrected chi connectivity index (χ2v) is 5.42. The van der Waals surface area contributed by atoms with E-state index in [0.29, 0.717) is 12.5 Å². The fraction of sp³-hybridized carbons (Fsp3) is 0.562. The minimum atomic E-state index is -0.562. The number of hydrogen-bond acceptors (Lipinski definition) is 3. The Morgan fingerprint density at radius 2 is 2.00 bits per heavy atom. The van der Waals surface area contributed by atoms with Gasteiger partial charge in [0.15, 0.2) is 6.10 Å². The first-order chi connectivity index (χ1) is 9.36. The van der Waals surface area contributed by atoms with Crippen LogP contribution in [0.2, 0.25) is 0 Å². The number of hydrogen-bond donors (Lipinski definition) is 1. The lowest BCUT2D eigenvalue weighted by Gasteiger charge is -2.22. The number of carbonyl (C=O) groups is 1. The Morgan fingerprint density at radius 3 is 2.55 bits per heavy atom. The molecule has 0 aliphatic heterocycles. The van der Waals surface area contributed by atoms with Crippen LogP contribution in [0.3, 0.4) is 0 Å². The Kier molecular flexibility index (Phi) is 6.02. The van der Waals surface area contributed by atoms with Crippen molar-refractivity contribution in [2.24, 2.45) is 0 Å². The predicted octanol–water partition coefficient (Wildman–Crippen LogP) is 2.34. The molecule has 1 aromatic carbocycles. The predicted molar refractivity (Wildman–Crippen MR) is 80.1 cm³/mol. The largest absolute Gasteiger partial charge is 0.481 e. The number of rotatable bonds is 6. The maximum atomic E-state index is 12.1. The lowest BCUT2D eigenvalue weighted by molar-refractivity contribution is -0.137. The molecule has 1 amide bonds. The van der Waals surface area contributed by atoms with Crippen molar-refractivity contribution in [3.63, 3.8) is 0 Å². The van der Waals surface area contributed by atoms with E-state index in [1.165, 1.54) is 10.5 Å². The van der Waals surface area contributed by atoms with E-state index in [1.54, 1.807) is 14.0 Å². The van der Waals surface area contributed by atoms with Gasteiger partial charge in [-0.05, 0) is 37.0 Å². The monoisotopic (exact) mass is 279 g/mol. The van der Waals surface area contributed by atoms with Gasteiger partial charge in [0.25, 0.3) is 5.91 Å². The van der Waals surface area contributed by atoms with Gasteiger partial charge in [-0.25, -0.2) is 0 Å². The molecule has 4 heteroatoms. The molecule has 0 saturated carbocycles. The first-order valence-electron chi connectivity index (χ1n) is 6.99. The number of carbonyl (C=O) groups excluding carboxylic acids is 1. The molecule has 0 bridgehead atoms. The van der Waals surface area contributed by atoms with Gasteiger partial charge in [0, 0.05) is 13.6 Å². The van der Waals surface area contributed by atoms with Crippen molar-refractivity contribution in [1.29, 1.82) is 0 Å². The lowest BCUT2D eigenvalue weighted by atomic mass is 10.0. The number of nitrogens with zero attached hydrogens (tertiary/aromatic N) is 1. The lowest BCUT2D eigenvalue weighted by Crippen LogP contribution is -2.39. The molecule has 0 aliphatic carbocycles. The number of likely N-dealkylation sites (N-methyl/N-ethyl adjacent to an activating group) is 1. The quantitative estimate of drug-likeness (QED) is 0.869. The highest BCUT2D eigenvalue weighted by Gasteiger charge is 2.19. The maximum Gasteiger partial charge on any atom is 0.263 e. The summed E-state index contributed by atoms with van der Waals surface area (Å²) in [4.78, 5) is 13.5. The van der Waals surface area contributed by atoms with Gasteiger partial charge in [0.1, 0.15) is 5.75 Å². The van der Waals surface area contributed by atoms with Crippen LogP contribution in [0.25, 0.3) is 0 Å². The zero-order valence-electron chi connectivity index (χ0n) is 13.0. The summed E-state index contributed by atoms with van der Waals surface area (Å²) in [6.07, 6.45) is -0.562. The maximum absolute atomic E-state index is 12.1. The van der Waals surface area contributed by atoms with E-state index in [2.05, 4.69) is 19.9 Å². The molecule has 0 heterocycles. The smallest absolute Gasteiger partial charge is 0.263 e. The third-order valence-electron chi connectivity index (χ3n) is 3.34. The normalized spacial score (nSPS) is 12.3. The van der Waals surface area contributed by atoms with E-state index in [-0.39, 0.29) is 12.5 Å². The first kappa shape index (κ1) is 16.5. The molecule has 1 unspecified atom stereocenters. The molecule has 112 valence electrons.